The zero-order chi connectivity index (χ0) is 30.3. The molecule has 43 heavy (non-hydrogen) atoms. The first-order valence-corrected chi connectivity index (χ1v) is 16.0. The summed E-state index contributed by atoms with van der Waals surface area (Å²) in [5, 5.41) is 6.10. The molecule has 2 fully saturated rings. The van der Waals surface area contributed by atoms with Crippen LogP contribution in [0.15, 0.2) is 84.9 Å². The Kier molecular flexibility index (Phi) is 9.99. The van der Waals surface area contributed by atoms with Crippen molar-refractivity contribution in [1.29, 1.82) is 0 Å². The highest BCUT2D eigenvalue weighted by Gasteiger charge is 2.50. The second kappa shape index (κ2) is 14.1. The van der Waals surface area contributed by atoms with Crippen LogP contribution >= 0.6 is 11.8 Å². The average molecular weight is 604 g/mol. The van der Waals surface area contributed by atoms with Crippen LogP contribution in [-0.4, -0.2) is 88.6 Å². The molecular formula is C33H38FN5O3S. The van der Waals surface area contributed by atoms with Crippen molar-refractivity contribution >= 4 is 29.6 Å². The Balaban J connectivity index is 1.39. The summed E-state index contributed by atoms with van der Waals surface area (Å²) in [6.45, 7) is 0.896. The van der Waals surface area contributed by atoms with E-state index < -0.39 is 12.2 Å². The number of likely N-dealkylation sites (N-methyl/N-ethyl adjacent to an activating group) is 1. The van der Waals surface area contributed by atoms with E-state index in [1.165, 1.54) is 23.3 Å². The fourth-order valence-corrected chi connectivity index (χ4v) is 6.51. The van der Waals surface area contributed by atoms with Gasteiger partial charge in [0.15, 0.2) is 0 Å². The molecule has 0 saturated carbocycles. The van der Waals surface area contributed by atoms with Gasteiger partial charge in [0, 0.05) is 26.1 Å². The van der Waals surface area contributed by atoms with Crippen molar-refractivity contribution in [2.45, 2.75) is 37.5 Å². The minimum atomic E-state index is -0.647. The number of nitrogens with zero attached hydrogens (tertiary/aromatic N) is 4. The molecule has 2 heterocycles. The Morgan fingerprint density at radius 2 is 1.60 bits per heavy atom. The lowest BCUT2D eigenvalue weighted by Crippen LogP contribution is -2.76. The molecule has 10 heteroatoms. The maximum atomic E-state index is 14.0. The third-order valence-electron chi connectivity index (χ3n) is 8.19. The lowest BCUT2D eigenvalue weighted by atomic mass is 9.88. The van der Waals surface area contributed by atoms with Gasteiger partial charge in [-0.2, -0.15) is 11.8 Å². The number of hydrazine groups is 1. The second-order valence-electron chi connectivity index (χ2n) is 11.0. The van der Waals surface area contributed by atoms with Crippen LogP contribution in [0.5, 0.6) is 0 Å². The van der Waals surface area contributed by atoms with Crippen molar-refractivity contribution in [2.24, 2.45) is 0 Å². The molecule has 0 aliphatic carbocycles. The van der Waals surface area contributed by atoms with Crippen LogP contribution in [0, 0.1) is 5.82 Å². The summed E-state index contributed by atoms with van der Waals surface area (Å²) in [7, 11) is 1.71. The minimum absolute atomic E-state index is 0.00634. The van der Waals surface area contributed by atoms with Crippen LogP contribution in [0.1, 0.15) is 35.4 Å². The highest BCUT2D eigenvalue weighted by Crippen LogP contribution is 2.31. The molecule has 0 radical (unpaired) electrons. The molecule has 2 saturated heterocycles. The van der Waals surface area contributed by atoms with Gasteiger partial charge in [-0.25, -0.2) is 19.2 Å². The molecule has 8 nitrogen and oxygen atoms in total. The number of hydrogen-bond donors (Lipinski definition) is 1. The van der Waals surface area contributed by atoms with Gasteiger partial charge in [0.05, 0.1) is 13.1 Å². The summed E-state index contributed by atoms with van der Waals surface area (Å²) in [5.74, 6) is 0.216. The summed E-state index contributed by atoms with van der Waals surface area (Å²) in [4.78, 5) is 44.4. The monoisotopic (exact) mass is 603 g/mol. The van der Waals surface area contributed by atoms with E-state index >= 15 is 0 Å². The molecule has 5 rings (SSSR count). The zero-order valence-electron chi connectivity index (χ0n) is 24.6. The van der Waals surface area contributed by atoms with Gasteiger partial charge in [0.25, 0.3) is 0 Å². The normalized spacial score (nSPS) is 19.1. The summed E-state index contributed by atoms with van der Waals surface area (Å²) < 4.78 is 13.4. The number of urea groups is 1. The largest absolute Gasteiger partial charge is 0.337 e. The van der Waals surface area contributed by atoms with E-state index in [-0.39, 0.29) is 49.2 Å². The summed E-state index contributed by atoms with van der Waals surface area (Å²) >= 11 is 1.63. The van der Waals surface area contributed by atoms with E-state index in [4.69, 9.17) is 0 Å². The van der Waals surface area contributed by atoms with Crippen molar-refractivity contribution in [2.75, 3.05) is 38.7 Å². The average Bonchev–Trinajstić information content (AvgIpc) is 3.02. The maximum absolute atomic E-state index is 14.0. The Hall–Kier alpha value is -3.89. The van der Waals surface area contributed by atoms with Crippen molar-refractivity contribution in [3.8, 4) is 0 Å². The number of rotatable bonds is 10. The van der Waals surface area contributed by atoms with E-state index in [0.717, 1.165) is 5.56 Å². The Bertz CT molecular complexity index is 1360. The van der Waals surface area contributed by atoms with Gasteiger partial charge < -0.3 is 15.1 Å². The van der Waals surface area contributed by atoms with Crippen LogP contribution in [0.2, 0.25) is 0 Å². The number of amides is 4. The summed E-state index contributed by atoms with van der Waals surface area (Å²) in [6, 6.07) is 25.5. The smallest absolute Gasteiger partial charge is 0.334 e. The molecule has 3 aromatic carbocycles. The molecule has 4 amide bonds. The predicted molar refractivity (Wildman–Crippen MR) is 166 cm³/mol. The lowest BCUT2D eigenvalue weighted by Gasteiger charge is -2.54. The van der Waals surface area contributed by atoms with Crippen LogP contribution in [-0.2, 0) is 16.1 Å². The second-order valence-corrected chi connectivity index (χ2v) is 12.0. The summed E-state index contributed by atoms with van der Waals surface area (Å²) in [6.07, 6.45) is 2.54. The predicted octanol–water partition coefficient (Wildman–Crippen LogP) is 4.54. The number of nitrogens with one attached hydrogen (secondary N) is 1. The van der Waals surface area contributed by atoms with Crippen molar-refractivity contribution in [3.63, 3.8) is 0 Å². The molecule has 0 bridgehead atoms. The van der Waals surface area contributed by atoms with E-state index in [1.807, 2.05) is 47.6 Å². The number of carbonyl (C=O) groups is 3. The fourth-order valence-electron chi connectivity index (χ4n) is 6.06. The molecule has 2 atom stereocenters. The van der Waals surface area contributed by atoms with Crippen LogP contribution in [0.4, 0.5) is 9.18 Å². The van der Waals surface area contributed by atoms with Crippen LogP contribution in [0.3, 0.4) is 0 Å². The van der Waals surface area contributed by atoms with Crippen LogP contribution < -0.4 is 5.32 Å². The number of halogens is 1. The minimum Gasteiger partial charge on any atom is -0.337 e. The Morgan fingerprint density at radius 1 is 0.977 bits per heavy atom. The molecule has 1 N–H and O–H groups in total. The van der Waals surface area contributed by atoms with Crippen molar-refractivity contribution in [3.05, 3.63) is 107 Å². The Labute approximate surface area is 256 Å². The lowest BCUT2D eigenvalue weighted by molar-refractivity contribution is -0.187. The van der Waals surface area contributed by atoms with Gasteiger partial charge in [0.1, 0.15) is 18.0 Å². The van der Waals surface area contributed by atoms with E-state index in [0.29, 0.717) is 25.1 Å². The first-order chi connectivity index (χ1) is 20.9. The highest BCUT2D eigenvalue weighted by atomic mass is 32.2. The molecular weight excluding hydrogens is 565 g/mol. The van der Waals surface area contributed by atoms with E-state index in [2.05, 4.69) is 29.6 Å². The van der Waals surface area contributed by atoms with Crippen molar-refractivity contribution in [1.82, 2.24) is 25.1 Å². The van der Waals surface area contributed by atoms with Gasteiger partial charge in [-0.3, -0.25) is 9.59 Å². The van der Waals surface area contributed by atoms with E-state index in [1.54, 1.807) is 45.9 Å². The van der Waals surface area contributed by atoms with Gasteiger partial charge in [-0.1, -0.05) is 72.8 Å². The SMILES string of the molecule is CSCCC1C(=O)N(CCC(c2ccccc2)c2ccccc2)CC2N1C(=O)CN(C)N2C(=O)NCc1ccc(F)cc1. The summed E-state index contributed by atoms with van der Waals surface area (Å²) in [5.41, 5.74) is 3.11. The number of thioether (sulfide) groups is 1. The maximum Gasteiger partial charge on any atom is 0.334 e. The highest BCUT2D eigenvalue weighted by molar-refractivity contribution is 7.98. The molecule has 226 valence electrons. The number of carbonyl (C=O) groups excluding carboxylic acids is 3. The third kappa shape index (κ3) is 7.02. The molecule has 2 unspecified atom stereocenters. The third-order valence-corrected chi connectivity index (χ3v) is 8.84. The van der Waals surface area contributed by atoms with Gasteiger partial charge in [-0.15, -0.1) is 0 Å². The number of benzene rings is 3. The number of fused-ring (bicyclic) bond motifs is 1. The molecule has 0 aromatic heterocycles. The Morgan fingerprint density at radius 3 is 2.21 bits per heavy atom. The van der Waals surface area contributed by atoms with Gasteiger partial charge in [-0.05, 0) is 53.7 Å². The number of piperazine rings is 1. The molecule has 2 aliphatic heterocycles. The topological polar surface area (TPSA) is 76.2 Å². The molecule has 0 spiro atoms. The molecule has 2 aliphatic rings. The number of hydrogen-bond acceptors (Lipinski definition) is 5. The van der Waals surface area contributed by atoms with Gasteiger partial charge in [0.2, 0.25) is 11.8 Å². The zero-order valence-corrected chi connectivity index (χ0v) is 25.4. The molecule has 3 aromatic rings. The standard InChI is InChI=1S/C33H38FN5O3S/c1-36-23-31(40)38-29(18-20-43-2)32(41)37(19-17-28(25-9-5-3-6-10-25)26-11-7-4-8-12-26)22-30(38)39(36)33(42)35-21-24-13-15-27(34)16-14-24/h3-16,28-30H,17-23H2,1-2H3,(H,35,42). The fraction of sp³-hybridized carbons (Fsp3) is 0.364. The first-order valence-electron chi connectivity index (χ1n) is 14.6. The quantitative estimate of drug-likeness (QED) is 0.369. The van der Waals surface area contributed by atoms with E-state index in [9.17, 15) is 18.8 Å². The van der Waals surface area contributed by atoms with Crippen LogP contribution in [0.25, 0.3) is 0 Å². The van der Waals surface area contributed by atoms with Gasteiger partial charge >= 0.3 is 6.03 Å². The first kappa shape index (κ1) is 30.6. The van der Waals surface area contributed by atoms with Crippen molar-refractivity contribution < 1.29 is 18.8 Å².